The summed E-state index contributed by atoms with van der Waals surface area (Å²) in [6, 6.07) is 5.94. The SMILES string of the molecule is Cc1nn(C)c(Oc2ccc(F)cc2)c1CC(C)N. The molecule has 1 aromatic heterocycles. The van der Waals surface area contributed by atoms with Crippen molar-refractivity contribution in [1.29, 1.82) is 0 Å². The second kappa shape index (κ2) is 5.40. The minimum Gasteiger partial charge on any atom is -0.439 e. The van der Waals surface area contributed by atoms with Gasteiger partial charge >= 0.3 is 0 Å². The number of hydrogen-bond acceptors (Lipinski definition) is 3. The lowest BCUT2D eigenvalue weighted by atomic mass is 10.1. The molecule has 19 heavy (non-hydrogen) atoms. The lowest BCUT2D eigenvalue weighted by molar-refractivity contribution is 0.423. The molecule has 4 nitrogen and oxygen atoms in total. The smallest absolute Gasteiger partial charge is 0.221 e. The van der Waals surface area contributed by atoms with Crippen molar-refractivity contribution < 1.29 is 9.13 Å². The van der Waals surface area contributed by atoms with Crippen molar-refractivity contribution >= 4 is 0 Å². The van der Waals surface area contributed by atoms with Crippen molar-refractivity contribution in [3.8, 4) is 11.6 Å². The van der Waals surface area contributed by atoms with Gasteiger partial charge in [-0.3, -0.25) is 0 Å². The van der Waals surface area contributed by atoms with Gasteiger partial charge in [0, 0.05) is 18.7 Å². The van der Waals surface area contributed by atoms with Crippen LogP contribution in [0.3, 0.4) is 0 Å². The van der Waals surface area contributed by atoms with Crippen molar-refractivity contribution in [2.75, 3.05) is 0 Å². The maximum absolute atomic E-state index is 12.9. The molecule has 0 bridgehead atoms. The molecule has 1 unspecified atom stereocenters. The first-order chi connectivity index (χ1) is 8.97. The molecule has 0 aliphatic rings. The van der Waals surface area contributed by atoms with Crippen LogP contribution in [0, 0.1) is 12.7 Å². The highest BCUT2D eigenvalue weighted by atomic mass is 19.1. The third-order valence-corrected chi connectivity index (χ3v) is 2.84. The van der Waals surface area contributed by atoms with Crippen LogP contribution in [0.4, 0.5) is 4.39 Å². The Balaban J connectivity index is 2.31. The summed E-state index contributed by atoms with van der Waals surface area (Å²) >= 11 is 0. The lowest BCUT2D eigenvalue weighted by Gasteiger charge is -2.10. The molecule has 1 heterocycles. The Hall–Kier alpha value is -1.88. The van der Waals surface area contributed by atoms with E-state index in [9.17, 15) is 4.39 Å². The van der Waals surface area contributed by atoms with Crippen LogP contribution in [-0.4, -0.2) is 15.8 Å². The van der Waals surface area contributed by atoms with Gasteiger partial charge in [-0.05, 0) is 44.5 Å². The molecule has 0 spiro atoms. The molecule has 0 radical (unpaired) electrons. The molecule has 2 rings (SSSR count). The quantitative estimate of drug-likeness (QED) is 0.922. The molecule has 102 valence electrons. The first kappa shape index (κ1) is 13.5. The van der Waals surface area contributed by atoms with Crippen LogP contribution in [0.2, 0.25) is 0 Å². The van der Waals surface area contributed by atoms with Crippen LogP contribution in [-0.2, 0) is 13.5 Å². The third-order valence-electron chi connectivity index (χ3n) is 2.84. The van der Waals surface area contributed by atoms with E-state index >= 15 is 0 Å². The Morgan fingerprint density at radius 1 is 1.37 bits per heavy atom. The van der Waals surface area contributed by atoms with Crippen LogP contribution in [0.15, 0.2) is 24.3 Å². The number of ether oxygens (including phenoxy) is 1. The highest BCUT2D eigenvalue weighted by Crippen LogP contribution is 2.28. The number of rotatable bonds is 4. The third kappa shape index (κ3) is 3.12. The molecule has 0 amide bonds. The van der Waals surface area contributed by atoms with E-state index in [0.29, 0.717) is 18.1 Å². The number of hydrogen-bond donors (Lipinski definition) is 1. The second-order valence-corrected chi connectivity index (χ2v) is 4.73. The fourth-order valence-corrected chi connectivity index (χ4v) is 1.98. The molecule has 0 saturated carbocycles. The number of benzene rings is 1. The van der Waals surface area contributed by atoms with Gasteiger partial charge in [0.15, 0.2) is 0 Å². The predicted octanol–water partition coefficient (Wildman–Crippen LogP) is 2.55. The van der Waals surface area contributed by atoms with Gasteiger partial charge in [-0.1, -0.05) is 0 Å². The predicted molar refractivity (Wildman–Crippen MR) is 71.8 cm³/mol. The van der Waals surface area contributed by atoms with Gasteiger partial charge < -0.3 is 10.5 Å². The average molecular weight is 263 g/mol. The molecule has 0 aliphatic carbocycles. The van der Waals surface area contributed by atoms with Crippen molar-refractivity contribution in [1.82, 2.24) is 9.78 Å². The number of halogens is 1. The first-order valence-corrected chi connectivity index (χ1v) is 6.19. The van der Waals surface area contributed by atoms with E-state index in [1.807, 2.05) is 20.9 Å². The van der Waals surface area contributed by atoms with E-state index in [2.05, 4.69) is 5.10 Å². The van der Waals surface area contributed by atoms with E-state index in [-0.39, 0.29) is 11.9 Å². The fraction of sp³-hybridized carbons (Fsp3) is 0.357. The topological polar surface area (TPSA) is 53.1 Å². The van der Waals surface area contributed by atoms with Gasteiger partial charge in [0.25, 0.3) is 0 Å². The zero-order valence-corrected chi connectivity index (χ0v) is 11.4. The summed E-state index contributed by atoms with van der Waals surface area (Å²) in [4.78, 5) is 0. The van der Waals surface area contributed by atoms with Gasteiger partial charge in [-0.15, -0.1) is 0 Å². The Kier molecular flexibility index (Phi) is 3.85. The largest absolute Gasteiger partial charge is 0.439 e. The summed E-state index contributed by atoms with van der Waals surface area (Å²) in [5.41, 5.74) is 7.73. The van der Waals surface area contributed by atoms with E-state index in [0.717, 1.165) is 11.3 Å². The average Bonchev–Trinajstić information content (AvgIpc) is 2.58. The zero-order chi connectivity index (χ0) is 14.0. The maximum Gasteiger partial charge on any atom is 0.221 e. The molecular formula is C14H18FN3O. The number of nitrogens with two attached hydrogens (primary N) is 1. The molecule has 1 aromatic carbocycles. The highest BCUT2D eigenvalue weighted by Gasteiger charge is 2.16. The van der Waals surface area contributed by atoms with E-state index in [1.54, 1.807) is 16.8 Å². The summed E-state index contributed by atoms with van der Waals surface area (Å²) < 4.78 is 20.3. The van der Waals surface area contributed by atoms with Crippen LogP contribution in [0.5, 0.6) is 11.6 Å². The van der Waals surface area contributed by atoms with Gasteiger partial charge in [0.05, 0.1) is 5.69 Å². The normalized spacial score (nSPS) is 12.5. The van der Waals surface area contributed by atoms with Crippen LogP contribution in [0.25, 0.3) is 0 Å². The summed E-state index contributed by atoms with van der Waals surface area (Å²) in [5.74, 6) is 0.945. The summed E-state index contributed by atoms with van der Waals surface area (Å²) in [7, 11) is 1.82. The second-order valence-electron chi connectivity index (χ2n) is 4.73. The molecular weight excluding hydrogens is 245 g/mol. The standard InChI is InChI=1S/C14H18FN3O/c1-9(16)8-13-10(2)17-18(3)14(13)19-12-6-4-11(15)5-7-12/h4-7,9H,8,16H2,1-3H3. The Labute approximate surface area is 112 Å². The molecule has 0 aliphatic heterocycles. The van der Waals surface area contributed by atoms with Gasteiger partial charge in [0.1, 0.15) is 11.6 Å². The van der Waals surface area contributed by atoms with Gasteiger partial charge in [0.2, 0.25) is 5.88 Å². The minimum absolute atomic E-state index is 0.0264. The molecule has 0 fully saturated rings. The molecule has 5 heteroatoms. The van der Waals surface area contributed by atoms with E-state index in [4.69, 9.17) is 10.5 Å². The number of aromatic nitrogens is 2. The van der Waals surface area contributed by atoms with Crippen molar-refractivity contribution in [2.45, 2.75) is 26.3 Å². The van der Waals surface area contributed by atoms with Crippen LogP contribution in [0.1, 0.15) is 18.2 Å². The Morgan fingerprint density at radius 2 is 2.00 bits per heavy atom. The maximum atomic E-state index is 12.9. The number of aryl methyl sites for hydroxylation is 2. The fourth-order valence-electron chi connectivity index (χ4n) is 1.98. The lowest BCUT2D eigenvalue weighted by Crippen LogP contribution is -2.18. The monoisotopic (exact) mass is 263 g/mol. The zero-order valence-electron chi connectivity index (χ0n) is 11.4. The summed E-state index contributed by atoms with van der Waals surface area (Å²) in [5, 5.41) is 4.34. The number of nitrogens with zero attached hydrogens (tertiary/aromatic N) is 2. The molecule has 0 saturated heterocycles. The van der Waals surface area contributed by atoms with Crippen molar-refractivity contribution in [2.24, 2.45) is 12.8 Å². The van der Waals surface area contributed by atoms with Crippen LogP contribution >= 0.6 is 0 Å². The highest BCUT2D eigenvalue weighted by molar-refractivity contribution is 5.36. The molecule has 1 atom stereocenters. The van der Waals surface area contributed by atoms with E-state index < -0.39 is 0 Å². The van der Waals surface area contributed by atoms with Crippen molar-refractivity contribution in [3.05, 3.63) is 41.3 Å². The van der Waals surface area contributed by atoms with Crippen LogP contribution < -0.4 is 10.5 Å². The summed E-state index contributed by atoms with van der Waals surface area (Å²) in [6.07, 6.45) is 0.691. The van der Waals surface area contributed by atoms with Gasteiger partial charge in [-0.25, -0.2) is 9.07 Å². The Morgan fingerprint density at radius 3 is 2.58 bits per heavy atom. The summed E-state index contributed by atoms with van der Waals surface area (Å²) in [6.45, 7) is 3.86. The minimum atomic E-state index is -0.288. The Bertz CT molecular complexity index is 561. The van der Waals surface area contributed by atoms with Gasteiger partial charge in [-0.2, -0.15) is 5.10 Å². The van der Waals surface area contributed by atoms with Crippen molar-refractivity contribution in [3.63, 3.8) is 0 Å². The first-order valence-electron chi connectivity index (χ1n) is 6.19. The molecule has 2 N–H and O–H groups in total. The van der Waals surface area contributed by atoms with E-state index in [1.165, 1.54) is 12.1 Å². The molecule has 2 aromatic rings.